The van der Waals surface area contributed by atoms with Gasteiger partial charge in [0, 0.05) is 18.7 Å². The van der Waals surface area contributed by atoms with E-state index in [1.807, 2.05) is 13.8 Å². The summed E-state index contributed by atoms with van der Waals surface area (Å²) in [4.78, 5) is 11.6. The Labute approximate surface area is 160 Å². The highest BCUT2D eigenvalue weighted by Gasteiger charge is 2.24. The van der Waals surface area contributed by atoms with Crippen molar-refractivity contribution in [2.45, 2.75) is 46.1 Å². The molecule has 0 radical (unpaired) electrons. The summed E-state index contributed by atoms with van der Waals surface area (Å²) in [5.74, 6) is -1.25. The van der Waals surface area contributed by atoms with Gasteiger partial charge in [-0.3, -0.25) is 4.79 Å². The van der Waals surface area contributed by atoms with Gasteiger partial charge >= 0.3 is 5.97 Å². The summed E-state index contributed by atoms with van der Waals surface area (Å²) in [5, 5.41) is 0. The summed E-state index contributed by atoms with van der Waals surface area (Å²) in [7, 11) is 0. The van der Waals surface area contributed by atoms with Crippen molar-refractivity contribution in [3.63, 3.8) is 0 Å². The lowest BCUT2D eigenvalue weighted by Gasteiger charge is -2.25. The van der Waals surface area contributed by atoms with E-state index >= 15 is 0 Å². The second-order valence-corrected chi connectivity index (χ2v) is 5.13. The first-order chi connectivity index (χ1) is 12.5. The van der Waals surface area contributed by atoms with Crippen molar-refractivity contribution in [1.82, 2.24) is 0 Å². The lowest BCUT2D eigenvalue weighted by Crippen LogP contribution is -2.23. The molecule has 0 aromatic heterocycles. The van der Waals surface area contributed by atoms with E-state index in [1.54, 1.807) is 38.1 Å². The van der Waals surface area contributed by atoms with Gasteiger partial charge in [0.05, 0.1) is 0 Å². The third kappa shape index (κ3) is 7.52. The van der Waals surface area contributed by atoms with E-state index in [4.69, 9.17) is 4.74 Å². The highest BCUT2D eigenvalue weighted by atomic mass is 35.5. The van der Waals surface area contributed by atoms with Crippen LogP contribution in [0.5, 0.6) is 0 Å². The van der Waals surface area contributed by atoms with Crippen LogP contribution >= 0.6 is 11.6 Å². The van der Waals surface area contributed by atoms with Crippen molar-refractivity contribution in [2.24, 2.45) is 0 Å². The van der Waals surface area contributed by atoms with E-state index in [0.29, 0.717) is 0 Å². The van der Waals surface area contributed by atoms with Crippen LogP contribution < -0.4 is 0 Å². The Balaban J connectivity index is 0.00000146. The molecule has 1 unspecified atom stereocenters. The van der Waals surface area contributed by atoms with E-state index in [1.165, 1.54) is 30.6 Å². The number of alkyl halides is 1. The number of carbonyl (C=O) groups is 1. The Hall–Kier alpha value is -1.94. The molecule has 2 nitrogen and oxygen atoms in total. The molecule has 2 rings (SSSR count). The largest absolute Gasteiger partial charge is 0.462 e. The molecular weight excluding hydrogens is 358 g/mol. The van der Waals surface area contributed by atoms with Crippen molar-refractivity contribution in [2.75, 3.05) is 6.38 Å². The fraction of sp³-hybridized carbons (Fsp3) is 0.381. The van der Waals surface area contributed by atoms with Crippen molar-refractivity contribution in [3.05, 3.63) is 71.3 Å². The first-order valence-electron chi connectivity index (χ1n) is 8.59. The van der Waals surface area contributed by atoms with Gasteiger partial charge in [-0.25, -0.2) is 8.78 Å². The number of carbonyl (C=O) groups excluding carboxylic acids is 1. The number of ether oxygens (including phenoxy) is 1. The zero-order chi connectivity index (χ0) is 20.1. The van der Waals surface area contributed by atoms with Crippen LogP contribution in [0.3, 0.4) is 0 Å². The molecule has 2 aromatic carbocycles. The van der Waals surface area contributed by atoms with Crippen molar-refractivity contribution in [3.8, 4) is 0 Å². The number of esters is 1. The Morgan fingerprint density at radius 3 is 1.58 bits per heavy atom. The Kier molecular flexibility index (Phi) is 12.3. The second-order valence-electron chi connectivity index (χ2n) is 5.13. The van der Waals surface area contributed by atoms with Gasteiger partial charge in [-0.05, 0) is 42.3 Å². The van der Waals surface area contributed by atoms with Crippen LogP contribution in [0.25, 0.3) is 0 Å². The molecule has 0 N–H and O–H groups in total. The van der Waals surface area contributed by atoms with E-state index in [9.17, 15) is 13.6 Å². The third-order valence-corrected chi connectivity index (χ3v) is 3.53. The Morgan fingerprint density at radius 1 is 0.923 bits per heavy atom. The van der Waals surface area contributed by atoms with Gasteiger partial charge in [0.2, 0.25) is 0 Å². The molecule has 1 atom stereocenters. The van der Waals surface area contributed by atoms with Crippen LogP contribution in [0.15, 0.2) is 48.5 Å². The van der Waals surface area contributed by atoms with Crippen LogP contribution in [0.2, 0.25) is 0 Å². The normalized spacial score (nSPS) is 10.8. The first kappa shape index (κ1) is 24.1. The van der Waals surface area contributed by atoms with Gasteiger partial charge in [0.15, 0.2) is 0 Å². The summed E-state index contributed by atoms with van der Waals surface area (Å²) in [6.45, 7) is 7.50. The predicted molar refractivity (Wildman–Crippen MR) is 104 cm³/mol. The molecular formula is C21H27ClF2O2. The van der Waals surface area contributed by atoms with E-state index in [0.717, 1.165) is 11.1 Å². The monoisotopic (exact) mass is 384 g/mol. The van der Waals surface area contributed by atoms with Gasteiger partial charge in [0.1, 0.15) is 17.7 Å². The smallest absolute Gasteiger partial charge is 0.305 e. The van der Waals surface area contributed by atoms with E-state index in [2.05, 4.69) is 11.6 Å². The number of halogens is 3. The first-order valence-corrected chi connectivity index (χ1v) is 9.35. The number of rotatable bonds is 5. The summed E-state index contributed by atoms with van der Waals surface area (Å²) < 4.78 is 31.7. The minimum Gasteiger partial charge on any atom is -0.462 e. The molecule has 0 aliphatic carbocycles. The maximum Gasteiger partial charge on any atom is 0.305 e. The van der Waals surface area contributed by atoms with Crippen molar-refractivity contribution in [1.29, 1.82) is 0 Å². The third-order valence-electron chi connectivity index (χ3n) is 3.53. The molecule has 0 spiro atoms. The van der Waals surface area contributed by atoms with Gasteiger partial charge in [0.25, 0.3) is 0 Å². The quantitative estimate of drug-likeness (QED) is 0.445. The molecule has 0 fully saturated rings. The number of hydrogen-bond donors (Lipinski definition) is 0. The standard InChI is InChI=1S/C18H18F2O2.C2H6.CH3Cl/c1-3-17(21)22-12(2)18(13-4-8-15(19)9-5-13)14-6-10-16(20)11-7-14;2*1-2/h4-12,18H,3H2,1-2H3;1-2H3;1H3. The minimum atomic E-state index is -0.441. The van der Waals surface area contributed by atoms with Gasteiger partial charge in [-0.1, -0.05) is 45.0 Å². The Morgan fingerprint density at radius 2 is 1.27 bits per heavy atom. The van der Waals surface area contributed by atoms with Gasteiger partial charge < -0.3 is 4.74 Å². The van der Waals surface area contributed by atoms with E-state index < -0.39 is 6.10 Å². The molecule has 0 aliphatic heterocycles. The second kappa shape index (κ2) is 13.3. The van der Waals surface area contributed by atoms with Gasteiger partial charge in [-0.15, -0.1) is 11.6 Å². The fourth-order valence-electron chi connectivity index (χ4n) is 2.43. The average Bonchev–Trinajstić information content (AvgIpc) is 2.68. The van der Waals surface area contributed by atoms with Crippen molar-refractivity contribution >= 4 is 17.6 Å². The lowest BCUT2D eigenvalue weighted by molar-refractivity contribution is -0.148. The SMILES string of the molecule is CC.CCC(=O)OC(C)C(c1ccc(F)cc1)c1ccc(F)cc1.CCl. The molecule has 0 saturated carbocycles. The molecule has 0 aliphatic rings. The van der Waals surface area contributed by atoms with Crippen LogP contribution in [-0.2, 0) is 9.53 Å². The van der Waals surface area contributed by atoms with E-state index in [-0.39, 0.29) is 29.9 Å². The topological polar surface area (TPSA) is 26.3 Å². The van der Waals surface area contributed by atoms with Crippen LogP contribution in [0.4, 0.5) is 8.78 Å². The molecule has 0 saturated heterocycles. The molecule has 0 heterocycles. The zero-order valence-electron chi connectivity index (χ0n) is 15.9. The maximum absolute atomic E-state index is 13.1. The Bertz CT molecular complexity index is 582. The van der Waals surface area contributed by atoms with Crippen LogP contribution in [-0.4, -0.2) is 18.5 Å². The summed E-state index contributed by atoms with van der Waals surface area (Å²) in [5.41, 5.74) is 1.62. The fourth-order valence-corrected chi connectivity index (χ4v) is 2.43. The van der Waals surface area contributed by atoms with Crippen LogP contribution in [0, 0.1) is 11.6 Å². The highest BCUT2D eigenvalue weighted by Crippen LogP contribution is 2.30. The number of hydrogen-bond acceptors (Lipinski definition) is 2. The molecule has 0 bridgehead atoms. The van der Waals surface area contributed by atoms with Gasteiger partial charge in [-0.2, -0.15) is 0 Å². The zero-order valence-corrected chi connectivity index (χ0v) is 16.7. The summed E-state index contributed by atoms with van der Waals surface area (Å²) >= 11 is 4.64. The maximum atomic E-state index is 13.1. The molecule has 2 aromatic rings. The molecule has 5 heteroatoms. The molecule has 144 valence electrons. The molecule has 26 heavy (non-hydrogen) atoms. The van der Waals surface area contributed by atoms with Crippen molar-refractivity contribution < 1.29 is 18.3 Å². The predicted octanol–water partition coefficient (Wildman–Crippen LogP) is 6.32. The molecule has 0 amide bonds. The average molecular weight is 385 g/mol. The minimum absolute atomic E-state index is 0.281. The highest BCUT2D eigenvalue weighted by molar-refractivity contribution is 6.15. The lowest BCUT2D eigenvalue weighted by atomic mass is 9.87. The van der Waals surface area contributed by atoms with Crippen LogP contribution in [0.1, 0.15) is 51.2 Å². The number of benzene rings is 2. The summed E-state index contributed by atoms with van der Waals surface area (Å²) in [6.07, 6.45) is 1.31. The summed E-state index contributed by atoms with van der Waals surface area (Å²) in [6, 6.07) is 12.1.